The van der Waals surface area contributed by atoms with Crippen molar-refractivity contribution in [3.63, 3.8) is 0 Å². The second-order valence-electron chi connectivity index (χ2n) is 2.14. The summed E-state index contributed by atoms with van der Waals surface area (Å²) >= 11 is 1.75. The molecular formula is C5H14N2O2S2. The van der Waals surface area contributed by atoms with E-state index in [1.165, 1.54) is 0 Å². The number of nitrogens with two attached hydrogens (primary N) is 1. The largest absolute Gasteiger partial charge is 0.274 e. The molecule has 0 amide bonds. The lowest BCUT2D eigenvalue weighted by Crippen LogP contribution is -2.31. The molecule has 0 saturated carbocycles. The van der Waals surface area contributed by atoms with Crippen molar-refractivity contribution < 1.29 is 8.42 Å². The lowest BCUT2D eigenvalue weighted by molar-refractivity contribution is 0.580. The Balaban J connectivity index is 3.16. The number of thioether (sulfide) groups is 1. The summed E-state index contributed by atoms with van der Waals surface area (Å²) in [5.41, 5.74) is 0. The van der Waals surface area contributed by atoms with Crippen molar-refractivity contribution in [3.05, 3.63) is 0 Å². The standard InChI is InChI=1S/C5H14N2O2S2/c1-10-5-3-2-4-7-11(6,8)9/h7H,2-5H2,1H3,(H2,6,8,9). The Labute approximate surface area is 72.1 Å². The zero-order valence-corrected chi connectivity index (χ0v) is 8.17. The van der Waals surface area contributed by atoms with Crippen molar-refractivity contribution in [3.8, 4) is 0 Å². The molecule has 0 aromatic heterocycles. The van der Waals surface area contributed by atoms with Crippen molar-refractivity contribution >= 4 is 22.0 Å². The van der Waals surface area contributed by atoms with Crippen LogP contribution in [0.3, 0.4) is 0 Å². The first kappa shape index (κ1) is 11.2. The van der Waals surface area contributed by atoms with Crippen LogP contribution in [0.15, 0.2) is 0 Å². The first-order chi connectivity index (χ1) is 5.06. The molecule has 3 N–H and O–H groups in total. The molecule has 0 atom stereocenters. The van der Waals surface area contributed by atoms with Crippen molar-refractivity contribution in [1.82, 2.24) is 4.72 Å². The molecule has 68 valence electrons. The highest BCUT2D eigenvalue weighted by atomic mass is 32.2. The highest BCUT2D eigenvalue weighted by Crippen LogP contribution is 1.97. The van der Waals surface area contributed by atoms with Crippen LogP contribution in [0, 0.1) is 0 Å². The maximum absolute atomic E-state index is 10.3. The van der Waals surface area contributed by atoms with E-state index in [9.17, 15) is 8.42 Å². The third kappa shape index (κ3) is 10.2. The van der Waals surface area contributed by atoms with Gasteiger partial charge in [-0.3, -0.25) is 0 Å². The third-order valence-electron chi connectivity index (χ3n) is 1.08. The van der Waals surface area contributed by atoms with Crippen LogP contribution in [0.4, 0.5) is 0 Å². The van der Waals surface area contributed by atoms with Crippen LogP contribution in [0.25, 0.3) is 0 Å². The van der Waals surface area contributed by atoms with Gasteiger partial charge < -0.3 is 0 Å². The Bertz CT molecular complexity index is 179. The van der Waals surface area contributed by atoms with Gasteiger partial charge in [0.1, 0.15) is 0 Å². The number of rotatable bonds is 6. The average Bonchev–Trinajstić information content (AvgIpc) is 1.85. The summed E-state index contributed by atoms with van der Waals surface area (Å²) < 4.78 is 22.9. The van der Waals surface area contributed by atoms with Gasteiger partial charge in [0.25, 0.3) is 10.2 Å². The minimum Gasteiger partial charge on any atom is -0.216 e. The number of hydrogen-bond acceptors (Lipinski definition) is 3. The fourth-order valence-corrected chi connectivity index (χ4v) is 1.51. The minimum absolute atomic E-state index is 0.444. The van der Waals surface area contributed by atoms with E-state index in [1.54, 1.807) is 11.8 Å². The molecule has 0 spiro atoms. The minimum atomic E-state index is -3.47. The van der Waals surface area contributed by atoms with Crippen molar-refractivity contribution in [2.24, 2.45) is 5.14 Å². The third-order valence-corrected chi connectivity index (χ3v) is 2.38. The van der Waals surface area contributed by atoms with Crippen LogP contribution in [0.2, 0.25) is 0 Å². The van der Waals surface area contributed by atoms with Gasteiger partial charge in [-0.15, -0.1) is 0 Å². The Morgan fingerprint density at radius 3 is 2.55 bits per heavy atom. The molecule has 6 heteroatoms. The molecule has 0 aromatic rings. The van der Waals surface area contributed by atoms with E-state index < -0.39 is 10.2 Å². The summed E-state index contributed by atoms with van der Waals surface area (Å²) in [6.45, 7) is 0.444. The zero-order valence-electron chi connectivity index (χ0n) is 6.54. The highest BCUT2D eigenvalue weighted by molar-refractivity contribution is 7.98. The van der Waals surface area contributed by atoms with E-state index in [2.05, 4.69) is 4.72 Å². The average molecular weight is 198 g/mol. The molecule has 11 heavy (non-hydrogen) atoms. The van der Waals surface area contributed by atoms with Crippen LogP contribution in [0.5, 0.6) is 0 Å². The van der Waals surface area contributed by atoms with Gasteiger partial charge in [-0.1, -0.05) is 0 Å². The molecule has 0 heterocycles. The molecule has 0 aliphatic carbocycles. The monoisotopic (exact) mass is 198 g/mol. The normalized spacial score (nSPS) is 11.8. The topological polar surface area (TPSA) is 72.2 Å². The summed E-state index contributed by atoms with van der Waals surface area (Å²) in [4.78, 5) is 0. The first-order valence-electron chi connectivity index (χ1n) is 3.32. The smallest absolute Gasteiger partial charge is 0.216 e. The van der Waals surface area contributed by atoms with Crippen LogP contribution < -0.4 is 9.86 Å². The molecule has 0 radical (unpaired) electrons. The molecule has 0 aliphatic rings. The maximum atomic E-state index is 10.3. The van der Waals surface area contributed by atoms with Crippen molar-refractivity contribution in [2.45, 2.75) is 12.8 Å². The molecule has 0 bridgehead atoms. The second-order valence-corrected chi connectivity index (χ2v) is 4.50. The Hall–Kier alpha value is 0.220. The number of nitrogens with one attached hydrogen (secondary N) is 1. The molecular weight excluding hydrogens is 184 g/mol. The van der Waals surface area contributed by atoms with Gasteiger partial charge in [-0.05, 0) is 24.9 Å². The quantitative estimate of drug-likeness (QED) is 0.586. The molecule has 0 saturated heterocycles. The first-order valence-corrected chi connectivity index (χ1v) is 6.26. The van der Waals surface area contributed by atoms with Gasteiger partial charge >= 0.3 is 0 Å². The van der Waals surface area contributed by atoms with Crippen LogP contribution in [-0.4, -0.2) is 27.0 Å². The predicted molar refractivity (Wildman–Crippen MR) is 48.7 cm³/mol. The van der Waals surface area contributed by atoms with E-state index in [4.69, 9.17) is 5.14 Å². The van der Waals surface area contributed by atoms with Crippen LogP contribution in [-0.2, 0) is 10.2 Å². The molecule has 0 fully saturated rings. The van der Waals surface area contributed by atoms with Gasteiger partial charge in [0.15, 0.2) is 0 Å². The Kier molecular flexibility index (Phi) is 5.93. The van der Waals surface area contributed by atoms with Gasteiger partial charge in [0.2, 0.25) is 0 Å². The molecule has 0 unspecified atom stereocenters. The van der Waals surface area contributed by atoms with Crippen LogP contribution >= 0.6 is 11.8 Å². The fourth-order valence-electron chi connectivity index (χ4n) is 0.586. The highest BCUT2D eigenvalue weighted by Gasteiger charge is 1.97. The summed E-state index contributed by atoms with van der Waals surface area (Å²) in [6.07, 6.45) is 3.88. The van der Waals surface area contributed by atoms with Gasteiger partial charge in [0, 0.05) is 6.54 Å². The summed E-state index contributed by atoms with van der Waals surface area (Å²) in [6, 6.07) is 0. The van der Waals surface area contributed by atoms with E-state index in [-0.39, 0.29) is 0 Å². The zero-order chi connectivity index (χ0) is 8.74. The summed E-state index contributed by atoms with van der Waals surface area (Å²) in [5, 5.41) is 4.71. The van der Waals surface area contributed by atoms with Gasteiger partial charge in [0.05, 0.1) is 0 Å². The van der Waals surface area contributed by atoms with Crippen molar-refractivity contribution in [2.75, 3.05) is 18.6 Å². The molecule has 0 aromatic carbocycles. The fraction of sp³-hybridized carbons (Fsp3) is 1.00. The van der Waals surface area contributed by atoms with E-state index >= 15 is 0 Å². The molecule has 0 rings (SSSR count). The summed E-state index contributed by atoms with van der Waals surface area (Å²) in [5.74, 6) is 1.06. The second kappa shape index (κ2) is 5.82. The number of hydrogen-bond donors (Lipinski definition) is 2. The van der Waals surface area contributed by atoms with Gasteiger partial charge in [-0.25, -0.2) is 9.86 Å². The Morgan fingerprint density at radius 1 is 1.45 bits per heavy atom. The van der Waals surface area contributed by atoms with E-state index in [0.717, 1.165) is 18.6 Å². The molecule has 0 aliphatic heterocycles. The predicted octanol–water partition coefficient (Wildman–Crippen LogP) is -0.0773. The summed E-state index contributed by atoms with van der Waals surface area (Å²) in [7, 11) is -3.47. The number of unbranched alkanes of at least 4 members (excludes halogenated alkanes) is 1. The van der Waals surface area contributed by atoms with Gasteiger partial charge in [-0.2, -0.15) is 20.2 Å². The maximum Gasteiger partial charge on any atom is 0.274 e. The van der Waals surface area contributed by atoms with Crippen LogP contribution in [0.1, 0.15) is 12.8 Å². The lowest BCUT2D eigenvalue weighted by atomic mass is 10.3. The van der Waals surface area contributed by atoms with E-state index in [1.807, 2.05) is 6.26 Å². The lowest BCUT2D eigenvalue weighted by Gasteiger charge is -1.99. The van der Waals surface area contributed by atoms with Crippen molar-refractivity contribution in [1.29, 1.82) is 0 Å². The SMILES string of the molecule is CSCCCCNS(N)(=O)=O. The Morgan fingerprint density at radius 2 is 2.09 bits per heavy atom. The van der Waals surface area contributed by atoms with E-state index in [0.29, 0.717) is 6.54 Å². The molecule has 4 nitrogen and oxygen atoms in total.